The minimum absolute atomic E-state index is 0.337. The van der Waals surface area contributed by atoms with Gasteiger partial charge in [-0.05, 0) is 19.2 Å². The topological polar surface area (TPSA) is 82.6 Å². The van der Waals surface area contributed by atoms with E-state index in [0.717, 1.165) is 25.8 Å². The van der Waals surface area contributed by atoms with Crippen LogP contribution in [-0.4, -0.2) is 44.3 Å². The largest absolute Gasteiger partial charge is 0.416 e. The number of nitrogens with zero attached hydrogens (tertiary/aromatic N) is 1. The lowest BCUT2D eigenvalue weighted by Gasteiger charge is -2.19. The molecule has 0 aromatic rings. The van der Waals surface area contributed by atoms with Crippen molar-refractivity contribution in [2.45, 2.75) is 19.1 Å². The second-order valence-corrected chi connectivity index (χ2v) is 4.56. The zero-order chi connectivity index (χ0) is 15.9. The summed E-state index contributed by atoms with van der Waals surface area (Å²) in [7, 11) is 0. The highest BCUT2D eigenvalue weighted by molar-refractivity contribution is 5.96. The smallest absolute Gasteiger partial charge is 0.387 e. The van der Waals surface area contributed by atoms with Gasteiger partial charge in [0.2, 0.25) is 0 Å². The zero-order valence-electron chi connectivity index (χ0n) is 11.5. The van der Waals surface area contributed by atoms with Gasteiger partial charge in [-0.1, -0.05) is 0 Å². The van der Waals surface area contributed by atoms with Gasteiger partial charge in [-0.15, -0.1) is 4.91 Å². The highest BCUT2D eigenvalue weighted by Crippen LogP contribution is 2.30. The molecule has 1 fully saturated rings. The van der Waals surface area contributed by atoms with Crippen LogP contribution in [-0.2, 0) is 4.79 Å². The Morgan fingerprint density at radius 1 is 1.38 bits per heavy atom. The van der Waals surface area contributed by atoms with Gasteiger partial charge < -0.3 is 16.0 Å². The predicted octanol–water partition coefficient (Wildman–Crippen LogP) is 0.823. The Kier molecular flexibility index (Phi) is 6.50. The van der Waals surface area contributed by atoms with Crippen molar-refractivity contribution >= 4 is 5.91 Å². The quantitative estimate of drug-likeness (QED) is 0.625. The van der Waals surface area contributed by atoms with Crippen molar-refractivity contribution in [1.29, 1.82) is 0 Å². The van der Waals surface area contributed by atoms with Crippen molar-refractivity contribution in [2.75, 3.05) is 26.2 Å². The van der Waals surface area contributed by atoms with Crippen LogP contribution in [0.15, 0.2) is 28.6 Å². The lowest BCUT2D eigenvalue weighted by atomic mass is 10.1. The minimum atomic E-state index is -4.64. The third kappa shape index (κ3) is 5.64. The summed E-state index contributed by atoms with van der Waals surface area (Å²) in [5.41, 5.74) is -1.78. The Morgan fingerprint density at radius 2 is 2.10 bits per heavy atom. The van der Waals surface area contributed by atoms with Crippen LogP contribution in [0.3, 0.4) is 0 Å². The molecule has 1 unspecified atom stereocenters. The molecule has 118 valence electrons. The fourth-order valence-electron chi connectivity index (χ4n) is 1.81. The molecule has 2 heterocycles. The third-order valence-electron chi connectivity index (χ3n) is 2.86. The van der Waals surface area contributed by atoms with E-state index in [1.54, 1.807) is 0 Å². The third-order valence-corrected chi connectivity index (χ3v) is 2.86. The average molecular weight is 306 g/mol. The van der Waals surface area contributed by atoms with E-state index in [1.165, 1.54) is 0 Å². The van der Waals surface area contributed by atoms with Crippen LogP contribution in [0.4, 0.5) is 13.2 Å². The number of hydrogen-bond acceptors (Lipinski definition) is 5. The first-order valence-electron chi connectivity index (χ1n) is 6.38. The van der Waals surface area contributed by atoms with Gasteiger partial charge in [0.1, 0.15) is 0 Å². The number of halogens is 3. The molecule has 1 atom stereocenters. The first kappa shape index (κ1) is 17.3. The summed E-state index contributed by atoms with van der Waals surface area (Å²) in [5, 5.41) is 10.9. The monoisotopic (exact) mass is 306 g/mol. The van der Waals surface area contributed by atoms with Crippen molar-refractivity contribution in [1.82, 2.24) is 16.0 Å². The number of amides is 1. The van der Waals surface area contributed by atoms with Crippen molar-refractivity contribution < 1.29 is 18.0 Å². The van der Waals surface area contributed by atoms with Gasteiger partial charge in [-0.25, -0.2) is 0 Å². The highest BCUT2D eigenvalue weighted by atomic mass is 19.4. The number of rotatable bonds is 1. The van der Waals surface area contributed by atoms with Crippen LogP contribution in [0.2, 0.25) is 0 Å². The van der Waals surface area contributed by atoms with Crippen molar-refractivity contribution in [2.24, 2.45) is 5.18 Å². The van der Waals surface area contributed by atoms with Crippen molar-refractivity contribution in [3.63, 3.8) is 0 Å². The standard InChI is InChI=1S/C7H5F3N2O2.C5H12N2/c8-7(9,10)5-1-2-11-3-4(5)6(13)12-14;1-5-4-6-2-3-7-5/h1-2,11H,3H2;5-7H,2-4H2,1H3. The number of carbonyl (C=O) groups is 1. The summed E-state index contributed by atoms with van der Waals surface area (Å²) >= 11 is 0. The molecule has 0 aromatic heterocycles. The van der Waals surface area contributed by atoms with Gasteiger partial charge >= 0.3 is 12.1 Å². The molecule has 1 saturated heterocycles. The van der Waals surface area contributed by atoms with Crippen LogP contribution < -0.4 is 16.0 Å². The number of allylic oxidation sites excluding steroid dienone is 2. The SMILES string of the molecule is CC1CNCCN1.O=NC(=O)C1=C(C(F)(F)F)C=CNC1. The van der Waals surface area contributed by atoms with Gasteiger partial charge in [0, 0.05) is 37.4 Å². The number of dihydropyridines is 1. The van der Waals surface area contributed by atoms with E-state index in [9.17, 15) is 22.9 Å². The molecule has 0 aromatic carbocycles. The highest BCUT2D eigenvalue weighted by Gasteiger charge is 2.37. The van der Waals surface area contributed by atoms with Crippen LogP contribution in [0.5, 0.6) is 0 Å². The zero-order valence-corrected chi connectivity index (χ0v) is 11.5. The van der Waals surface area contributed by atoms with Crippen LogP contribution in [0.25, 0.3) is 0 Å². The van der Waals surface area contributed by atoms with Gasteiger partial charge in [0.25, 0.3) is 0 Å². The molecule has 21 heavy (non-hydrogen) atoms. The summed E-state index contributed by atoms with van der Waals surface area (Å²) < 4.78 is 36.8. The Hall–Kier alpha value is -1.74. The van der Waals surface area contributed by atoms with Crippen LogP contribution >= 0.6 is 0 Å². The van der Waals surface area contributed by atoms with Gasteiger partial charge in [-0.3, -0.25) is 4.79 Å². The summed E-state index contributed by atoms with van der Waals surface area (Å²) in [6.07, 6.45) is -2.89. The Bertz CT molecular complexity index is 440. The number of nitroso groups, excluding NO2 is 1. The first-order chi connectivity index (χ1) is 9.86. The first-order valence-corrected chi connectivity index (χ1v) is 6.38. The van der Waals surface area contributed by atoms with Crippen LogP contribution in [0, 0.1) is 4.91 Å². The Balaban J connectivity index is 0.000000262. The lowest BCUT2D eigenvalue weighted by molar-refractivity contribution is -0.116. The van der Waals surface area contributed by atoms with Gasteiger partial charge in [0.15, 0.2) is 0 Å². The molecule has 6 nitrogen and oxygen atoms in total. The summed E-state index contributed by atoms with van der Waals surface area (Å²) in [5.74, 6) is -1.39. The molecule has 0 aliphatic carbocycles. The molecule has 0 spiro atoms. The second-order valence-electron chi connectivity index (χ2n) is 4.56. The van der Waals surface area contributed by atoms with E-state index in [-0.39, 0.29) is 6.54 Å². The summed E-state index contributed by atoms with van der Waals surface area (Å²) in [4.78, 5) is 20.5. The molecular formula is C12H17F3N4O2. The molecule has 9 heteroatoms. The van der Waals surface area contributed by atoms with E-state index in [0.29, 0.717) is 12.1 Å². The summed E-state index contributed by atoms with van der Waals surface area (Å²) in [6, 6.07) is 0.675. The number of piperazine rings is 1. The molecule has 1 amide bonds. The molecule has 2 aliphatic rings. The number of carbonyl (C=O) groups excluding carboxylic acids is 1. The van der Waals surface area contributed by atoms with Gasteiger partial charge in [-0.2, -0.15) is 13.2 Å². The van der Waals surface area contributed by atoms with E-state index in [1.807, 2.05) is 5.18 Å². The van der Waals surface area contributed by atoms with Gasteiger partial charge in [0.05, 0.1) is 11.1 Å². The lowest BCUT2D eigenvalue weighted by Crippen LogP contribution is -2.46. The normalized spacial score (nSPS) is 22.0. The summed E-state index contributed by atoms with van der Waals surface area (Å²) in [6.45, 7) is 5.23. The molecule has 2 rings (SSSR count). The Morgan fingerprint density at radius 3 is 2.52 bits per heavy atom. The molecule has 0 bridgehead atoms. The average Bonchev–Trinajstić information content (AvgIpc) is 2.47. The van der Waals surface area contributed by atoms with E-state index in [4.69, 9.17) is 0 Å². The van der Waals surface area contributed by atoms with Crippen molar-refractivity contribution in [3.05, 3.63) is 28.3 Å². The molecule has 0 radical (unpaired) electrons. The molecule has 0 saturated carbocycles. The van der Waals surface area contributed by atoms with E-state index < -0.39 is 23.2 Å². The predicted molar refractivity (Wildman–Crippen MR) is 71.4 cm³/mol. The van der Waals surface area contributed by atoms with Crippen LogP contribution in [0.1, 0.15) is 6.92 Å². The van der Waals surface area contributed by atoms with Crippen molar-refractivity contribution in [3.8, 4) is 0 Å². The van der Waals surface area contributed by atoms with E-state index >= 15 is 0 Å². The fraction of sp³-hybridized carbons (Fsp3) is 0.583. The Labute approximate surface area is 119 Å². The minimum Gasteiger partial charge on any atom is -0.387 e. The second kappa shape index (κ2) is 7.89. The maximum absolute atomic E-state index is 12.3. The molecule has 3 N–H and O–H groups in total. The molecular weight excluding hydrogens is 289 g/mol. The number of alkyl halides is 3. The molecule has 2 aliphatic heterocycles. The maximum atomic E-state index is 12.3. The maximum Gasteiger partial charge on any atom is 0.416 e. The van der Waals surface area contributed by atoms with E-state index in [2.05, 4.69) is 22.9 Å². The number of nitrogens with one attached hydrogen (secondary N) is 3. The fourth-order valence-corrected chi connectivity index (χ4v) is 1.81. The number of hydrogen-bond donors (Lipinski definition) is 3.